The number of amides is 1. The van der Waals surface area contributed by atoms with Crippen LogP contribution in [0, 0.1) is 17.5 Å². The van der Waals surface area contributed by atoms with Crippen LogP contribution in [-0.4, -0.2) is 47.0 Å². The van der Waals surface area contributed by atoms with Gasteiger partial charge in [0.05, 0.1) is 30.9 Å². The Bertz CT molecular complexity index is 705. The summed E-state index contributed by atoms with van der Waals surface area (Å²) in [5.74, 6) is -3.56. The van der Waals surface area contributed by atoms with Crippen molar-refractivity contribution < 1.29 is 32.5 Å². The molecule has 3 rings (SSSR count). The average Bonchev–Trinajstić information content (AvgIpc) is 2.48. The smallest absolute Gasteiger partial charge is 0.410 e. The van der Waals surface area contributed by atoms with Crippen LogP contribution >= 0.6 is 0 Å². The van der Waals surface area contributed by atoms with Crippen molar-refractivity contribution >= 4 is 6.09 Å². The molecular formula is C18H22F3NO4. The quantitative estimate of drug-likeness (QED) is 0.769. The van der Waals surface area contributed by atoms with Gasteiger partial charge in [-0.05, 0) is 26.8 Å². The van der Waals surface area contributed by atoms with E-state index in [1.54, 1.807) is 20.8 Å². The van der Waals surface area contributed by atoms with Crippen LogP contribution in [0.25, 0.3) is 0 Å². The number of benzene rings is 1. The largest absolute Gasteiger partial charge is 0.444 e. The molecule has 8 heteroatoms. The maximum atomic E-state index is 14.2. The Balaban J connectivity index is 1.90. The molecule has 0 radical (unpaired) electrons. The fraction of sp³-hybridized carbons (Fsp3) is 0.611. The number of morpholine rings is 1. The summed E-state index contributed by atoms with van der Waals surface area (Å²) in [7, 11) is 0. The maximum absolute atomic E-state index is 14.2. The van der Waals surface area contributed by atoms with E-state index < -0.39 is 46.8 Å². The molecule has 144 valence electrons. The van der Waals surface area contributed by atoms with E-state index in [1.165, 1.54) is 4.90 Å². The normalized spacial score (nSPS) is 28.8. The Morgan fingerprint density at radius 3 is 2.23 bits per heavy atom. The van der Waals surface area contributed by atoms with Gasteiger partial charge >= 0.3 is 6.09 Å². The van der Waals surface area contributed by atoms with Crippen molar-refractivity contribution in [3.8, 4) is 0 Å². The molecule has 26 heavy (non-hydrogen) atoms. The predicted molar refractivity (Wildman–Crippen MR) is 85.9 cm³/mol. The van der Waals surface area contributed by atoms with Crippen LogP contribution in [0.15, 0.2) is 12.1 Å². The van der Waals surface area contributed by atoms with E-state index in [0.717, 1.165) is 0 Å². The molecule has 0 aromatic heterocycles. The van der Waals surface area contributed by atoms with Gasteiger partial charge in [-0.1, -0.05) is 0 Å². The second kappa shape index (κ2) is 6.42. The predicted octanol–water partition coefficient (Wildman–Crippen LogP) is 3.09. The molecule has 2 unspecified atom stereocenters. The lowest BCUT2D eigenvalue weighted by Crippen LogP contribution is -2.63. The molecule has 0 spiro atoms. The minimum Gasteiger partial charge on any atom is -0.444 e. The van der Waals surface area contributed by atoms with Crippen LogP contribution in [0.3, 0.4) is 0 Å². The number of nitrogens with zero attached hydrogens (tertiary/aromatic N) is 1. The molecule has 2 fully saturated rings. The Kier molecular flexibility index (Phi) is 4.69. The Morgan fingerprint density at radius 2 is 1.69 bits per heavy atom. The van der Waals surface area contributed by atoms with Gasteiger partial charge in [0.1, 0.15) is 11.4 Å². The summed E-state index contributed by atoms with van der Waals surface area (Å²) in [6.45, 7) is 5.52. The summed E-state index contributed by atoms with van der Waals surface area (Å²) < 4.78 is 51.9. The second-order valence-electron chi connectivity index (χ2n) is 7.92. The average molecular weight is 373 g/mol. The molecule has 2 aliphatic heterocycles. The SMILES string of the molecule is CC(C)(C)OC(=O)N1C2COCC1CC(O)(c1cc(F)c(F)cc1F)C2. The first-order chi connectivity index (χ1) is 12.0. The summed E-state index contributed by atoms with van der Waals surface area (Å²) in [6.07, 6.45) is -0.668. The zero-order valence-electron chi connectivity index (χ0n) is 14.9. The van der Waals surface area contributed by atoms with Crippen molar-refractivity contribution in [2.24, 2.45) is 0 Å². The second-order valence-corrected chi connectivity index (χ2v) is 7.92. The zero-order valence-corrected chi connectivity index (χ0v) is 14.9. The third-order valence-electron chi connectivity index (χ3n) is 4.67. The number of hydrogen-bond donors (Lipinski definition) is 1. The van der Waals surface area contributed by atoms with Crippen LogP contribution in [-0.2, 0) is 15.1 Å². The monoisotopic (exact) mass is 373 g/mol. The van der Waals surface area contributed by atoms with E-state index in [0.29, 0.717) is 12.1 Å². The first kappa shape index (κ1) is 19.0. The molecule has 1 aromatic rings. The van der Waals surface area contributed by atoms with E-state index in [2.05, 4.69) is 0 Å². The molecule has 1 amide bonds. The molecule has 1 aromatic carbocycles. The molecule has 2 aliphatic rings. The van der Waals surface area contributed by atoms with Crippen LogP contribution in [0.1, 0.15) is 39.2 Å². The topological polar surface area (TPSA) is 59.0 Å². The Labute approximate surface area is 149 Å². The number of ether oxygens (including phenoxy) is 2. The summed E-state index contributed by atoms with van der Waals surface area (Å²) in [6, 6.07) is -0.00996. The zero-order chi connectivity index (χ0) is 19.3. The maximum Gasteiger partial charge on any atom is 0.410 e. The number of fused-ring (bicyclic) bond motifs is 2. The van der Waals surface area contributed by atoms with Crippen molar-refractivity contribution in [2.75, 3.05) is 13.2 Å². The van der Waals surface area contributed by atoms with E-state index in [-0.39, 0.29) is 31.6 Å². The molecule has 2 heterocycles. The van der Waals surface area contributed by atoms with Gasteiger partial charge in [-0.25, -0.2) is 18.0 Å². The first-order valence-electron chi connectivity index (χ1n) is 8.47. The molecule has 5 nitrogen and oxygen atoms in total. The van der Waals surface area contributed by atoms with Crippen molar-refractivity contribution in [1.29, 1.82) is 0 Å². The molecule has 2 bridgehead atoms. The van der Waals surface area contributed by atoms with Crippen LogP contribution in [0.2, 0.25) is 0 Å². The first-order valence-corrected chi connectivity index (χ1v) is 8.47. The highest BCUT2D eigenvalue weighted by Crippen LogP contribution is 2.42. The third kappa shape index (κ3) is 3.53. The lowest BCUT2D eigenvalue weighted by atomic mass is 9.76. The van der Waals surface area contributed by atoms with E-state index in [1.807, 2.05) is 0 Å². The summed E-state index contributed by atoms with van der Waals surface area (Å²) in [5.41, 5.74) is -2.72. The van der Waals surface area contributed by atoms with Gasteiger partial charge in [0.2, 0.25) is 0 Å². The fourth-order valence-corrected chi connectivity index (χ4v) is 3.69. The van der Waals surface area contributed by atoms with E-state index >= 15 is 0 Å². The number of carbonyl (C=O) groups excluding carboxylic acids is 1. The molecule has 1 N–H and O–H groups in total. The van der Waals surface area contributed by atoms with Crippen molar-refractivity contribution in [2.45, 2.75) is 56.9 Å². The summed E-state index contributed by atoms with van der Waals surface area (Å²) >= 11 is 0. The molecule has 0 aliphatic carbocycles. The number of aliphatic hydroxyl groups is 1. The van der Waals surface area contributed by atoms with Crippen molar-refractivity contribution in [3.05, 3.63) is 35.1 Å². The highest BCUT2D eigenvalue weighted by molar-refractivity contribution is 5.69. The number of piperidine rings is 1. The van der Waals surface area contributed by atoms with Gasteiger partial charge in [0.25, 0.3) is 0 Å². The Morgan fingerprint density at radius 1 is 1.15 bits per heavy atom. The minimum atomic E-state index is -1.73. The standard InChI is InChI=1S/C18H22F3NO4/c1-17(2,3)26-16(23)22-10-6-18(24,7-11(22)9-25-8-10)12-4-14(20)15(21)5-13(12)19/h4-5,10-11,24H,6-9H2,1-3H3. The number of carbonyl (C=O) groups is 1. The van der Waals surface area contributed by atoms with E-state index in [9.17, 15) is 23.1 Å². The highest BCUT2D eigenvalue weighted by Gasteiger charge is 2.50. The fourth-order valence-electron chi connectivity index (χ4n) is 3.69. The van der Waals surface area contributed by atoms with Gasteiger partial charge in [0.15, 0.2) is 11.6 Å². The number of halogens is 3. The minimum absolute atomic E-state index is 0.0647. The van der Waals surface area contributed by atoms with Gasteiger partial charge in [-0.2, -0.15) is 0 Å². The van der Waals surface area contributed by atoms with Crippen LogP contribution in [0.5, 0.6) is 0 Å². The van der Waals surface area contributed by atoms with Crippen molar-refractivity contribution in [1.82, 2.24) is 4.90 Å². The van der Waals surface area contributed by atoms with Crippen LogP contribution in [0.4, 0.5) is 18.0 Å². The molecular weight excluding hydrogens is 351 g/mol. The third-order valence-corrected chi connectivity index (χ3v) is 4.67. The number of rotatable bonds is 1. The van der Waals surface area contributed by atoms with Gasteiger partial charge < -0.3 is 14.6 Å². The van der Waals surface area contributed by atoms with Gasteiger partial charge in [-0.3, -0.25) is 4.90 Å². The molecule has 2 saturated heterocycles. The Hall–Kier alpha value is -1.80. The van der Waals surface area contributed by atoms with Gasteiger partial charge in [-0.15, -0.1) is 0 Å². The lowest BCUT2D eigenvalue weighted by molar-refractivity contribution is -0.142. The van der Waals surface area contributed by atoms with E-state index in [4.69, 9.17) is 9.47 Å². The highest BCUT2D eigenvalue weighted by atomic mass is 19.2. The molecule has 0 saturated carbocycles. The summed E-state index contributed by atoms with van der Waals surface area (Å²) in [4.78, 5) is 14.0. The summed E-state index contributed by atoms with van der Waals surface area (Å²) in [5, 5.41) is 11.0. The number of hydrogen-bond acceptors (Lipinski definition) is 4. The molecule has 2 atom stereocenters. The van der Waals surface area contributed by atoms with Crippen LogP contribution < -0.4 is 0 Å². The van der Waals surface area contributed by atoms with Gasteiger partial charge in [0, 0.05) is 24.5 Å². The lowest BCUT2D eigenvalue weighted by Gasteiger charge is -2.51. The van der Waals surface area contributed by atoms with Crippen molar-refractivity contribution in [3.63, 3.8) is 0 Å².